The van der Waals surface area contributed by atoms with Crippen LogP contribution in [0.5, 0.6) is 0 Å². The molecule has 0 aromatic heterocycles. The van der Waals surface area contributed by atoms with Crippen molar-refractivity contribution in [3.63, 3.8) is 0 Å². The Hall–Kier alpha value is -1.92. The third kappa shape index (κ3) is 6.54. The number of carbonyl (C=O) groups is 2. The number of rotatable bonds is 4. The van der Waals surface area contributed by atoms with Crippen molar-refractivity contribution in [2.75, 3.05) is 0 Å². The molecule has 0 saturated carbocycles. The minimum Gasteiger partial charge on any atom is -0.481 e. The summed E-state index contributed by atoms with van der Waals surface area (Å²) in [5.41, 5.74) is 4.09. The third-order valence-electron chi connectivity index (χ3n) is 2.48. The van der Waals surface area contributed by atoms with E-state index in [1.807, 2.05) is 30.3 Å². The smallest absolute Gasteiger partial charge is 0.351 e. The SMILES string of the molecule is CC(=O)O.CC(Cc1ccccc1)C(N)(O)C(=O)O. The fourth-order valence-electron chi connectivity index (χ4n) is 1.33. The van der Waals surface area contributed by atoms with Gasteiger partial charge in [0.15, 0.2) is 0 Å². The highest BCUT2D eigenvalue weighted by molar-refractivity contribution is 5.76. The Kier molecular flexibility index (Phi) is 6.74. The molecule has 1 aromatic rings. The molecule has 6 heteroatoms. The third-order valence-corrected chi connectivity index (χ3v) is 2.48. The number of carboxylic acid groups (broad SMARTS) is 2. The number of aliphatic hydroxyl groups is 1. The van der Waals surface area contributed by atoms with Crippen LogP contribution < -0.4 is 5.73 Å². The zero-order valence-electron chi connectivity index (χ0n) is 10.9. The van der Waals surface area contributed by atoms with Gasteiger partial charge < -0.3 is 15.3 Å². The fourth-order valence-corrected chi connectivity index (χ4v) is 1.33. The number of nitrogens with two attached hydrogens (primary N) is 1. The van der Waals surface area contributed by atoms with E-state index in [2.05, 4.69) is 0 Å². The first kappa shape index (κ1) is 17.1. The maximum Gasteiger partial charge on any atom is 0.351 e. The van der Waals surface area contributed by atoms with Gasteiger partial charge in [-0.3, -0.25) is 10.5 Å². The van der Waals surface area contributed by atoms with Gasteiger partial charge in [-0.15, -0.1) is 0 Å². The van der Waals surface area contributed by atoms with Gasteiger partial charge in [0.1, 0.15) is 0 Å². The Bertz CT molecular complexity index is 412. The van der Waals surface area contributed by atoms with Gasteiger partial charge in [-0.25, -0.2) is 4.79 Å². The van der Waals surface area contributed by atoms with Gasteiger partial charge in [-0.05, 0) is 12.0 Å². The predicted molar refractivity (Wildman–Crippen MR) is 69.4 cm³/mol. The molecule has 0 aliphatic carbocycles. The molecule has 0 amide bonds. The predicted octanol–water partition coefficient (Wildman–Crippen LogP) is 0.688. The van der Waals surface area contributed by atoms with Gasteiger partial charge in [0.2, 0.25) is 5.72 Å². The lowest BCUT2D eigenvalue weighted by Crippen LogP contribution is -2.53. The van der Waals surface area contributed by atoms with E-state index in [-0.39, 0.29) is 0 Å². The van der Waals surface area contributed by atoms with E-state index in [4.69, 9.17) is 20.7 Å². The van der Waals surface area contributed by atoms with E-state index in [9.17, 15) is 9.90 Å². The first-order valence-electron chi connectivity index (χ1n) is 5.66. The van der Waals surface area contributed by atoms with Gasteiger partial charge in [0.05, 0.1) is 0 Å². The van der Waals surface area contributed by atoms with Gasteiger partial charge in [-0.1, -0.05) is 37.3 Å². The van der Waals surface area contributed by atoms with Crippen molar-refractivity contribution in [1.29, 1.82) is 0 Å². The number of carboxylic acids is 2. The summed E-state index contributed by atoms with van der Waals surface area (Å²) >= 11 is 0. The van der Waals surface area contributed by atoms with Gasteiger partial charge in [0.25, 0.3) is 5.97 Å². The Morgan fingerprint density at radius 2 is 1.68 bits per heavy atom. The second-order valence-corrected chi connectivity index (χ2v) is 4.24. The summed E-state index contributed by atoms with van der Waals surface area (Å²) in [6.07, 6.45) is 0.431. The molecule has 2 atom stereocenters. The van der Waals surface area contributed by atoms with Crippen LogP contribution in [-0.2, 0) is 16.0 Å². The molecule has 1 rings (SSSR count). The van der Waals surface area contributed by atoms with Crippen molar-refractivity contribution in [3.05, 3.63) is 35.9 Å². The summed E-state index contributed by atoms with van der Waals surface area (Å²) in [5, 5.41) is 25.6. The molecular weight excluding hydrogens is 250 g/mol. The Labute approximate surface area is 111 Å². The summed E-state index contributed by atoms with van der Waals surface area (Å²) in [6, 6.07) is 9.33. The number of hydrogen-bond acceptors (Lipinski definition) is 4. The van der Waals surface area contributed by atoms with Crippen LogP contribution in [0.25, 0.3) is 0 Å². The highest BCUT2D eigenvalue weighted by Gasteiger charge is 2.37. The van der Waals surface area contributed by atoms with Gasteiger partial charge >= 0.3 is 5.97 Å². The second-order valence-electron chi connectivity index (χ2n) is 4.24. The molecule has 2 unspecified atom stereocenters. The molecule has 5 N–H and O–H groups in total. The minimum atomic E-state index is -2.17. The lowest BCUT2D eigenvalue weighted by atomic mass is 9.91. The normalized spacial score (nSPS) is 14.5. The molecule has 1 aromatic carbocycles. The highest BCUT2D eigenvalue weighted by Crippen LogP contribution is 2.17. The summed E-state index contributed by atoms with van der Waals surface area (Å²) < 4.78 is 0. The minimum absolute atomic E-state index is 0.431. The van der Waals surface area contributed by atoms with Crippen LogP contribution in [0.3, 0.4) is 0 Å². The maximum atomic E-state index is 10.7. The Balaban J connectivity index is 0.000000711. The Morgan fingerprint density at radius 3 is 2.05 bits per heavy atom. The largest absolute Gasteiger partial charge is 0.481 e. The van der Waals surface area contributed by atoms with Gasteiger partial charge in [0, 0.05) is 12.8 Å². The molecule has 0 bridgehead atoms. The summed E-state index contributed by atoms with van der Waals surface area (Å²) in [4.78, 5) is 19.7. The first-order valence-corrected chi connectivity index (χ1v) is 5.66. The van der Waals surface area contributed by atoms with Crippen molar-refractivity contribution < 1.29 is 24.9 Å². The van der Waals surface area contributed by atoms with Crippen molar-refractivity contribution in [1.82, 2.24) is 0 Å². The van der Waals surface area contributed by atoms with Crippen LogP contribution in [-0.4, -0.2) is 33.0 Å². The molecule has 0 heterocycles. The molecular formula is C13H19NO5. The van der Waals surface area contributed by atoms with Crippen LogP contribution in [0.2, 0.25) is 0 Å². The van der Waals surface area contributed by atoms with Crippen LogP contribution in [0.4, 0.5) is 0 Å². The summed E-state index contributed by atoms with van der Waals surface area (Å²) in [6.45, 7) is 2.70. The van der Waals surface area contributed by atoms with E-state index in [0.717, 1.165) is 12.5 Å². The van der Waals surface area contributed by atoms with Crippen molar-refractivity contribution in [3.8, 4) is 0 Å². The zero-order valence-corrected chi connectivity index (χ0v) is 10.9. The quantitative estimate of drug-likeness (QED) is 0.597. The molecule has 0 saturated heterocycles. The van der Waals surface area contributed by atoms with E-state index in [1.54, 1.807) is 6.92 Å². The van der Waals surface area contributed by atoms with E-state index in [0.29, 0.717) is 6.42 Å². The fraction of sp³-hybridized carbons (Fsp3) is 0.385. The maximum absolute atomic E-state index is 10.7. The molecule has 106 valence electrons. The van der Waals surface area contributed by atoms with Crippen molar-refractivity contribution in [2.45, 2.75) is 26.0 Å². The molecule has 0 aliphatic heterocycles. The zero-order chi connectivity index (χ0) is 15.1. The molecule has 0 fully saturated rings. The average molecular weight is 269 g/mol. The summed E-state index contributed by atoms with van der Waals surface area (Å²) in [5.74, 6) is -2.77. The van der Waals surface area contributed by atoms with Crippen LogP contribution >= 0.6 is 0 Å². The van der Waals surface area contributed by atoms with E-state index < -0.39 is 23.6 Å². The highest BCUT2D eigenvalue weighted by atomic mass is 16.4. The van der Waals surface area contributed by atoms with Crippen LogP contribution in [0.15, 0.2) is 30.3 Å². The van der Waals surface area contributed by atoms with Crippen molar-refractivity contribution in [2.24, 2.45) is 11.7 Å². The average Bonchev–Trinajstić information content (AvgIpc) is 2.29. The van der Waals surface area contributed by atoms with E-state index in [1.165, 1.54) is 0 Å². The standard InChI is InChI=1S/C11H15NO3.C2H4O2/c1-8(11(12,15)10(13)14)7-9-5-3-2-4-6-9;1-2(3)4/h2-6,8,15H,7,12H2,1H3,(H,13,14);1H3,(H,3,4). The molecule has 0 spiro atoms. The molecule has 6 nitrogen and oxygen atoms in total. The first-order chi connectivity index (χ1) is 8.67. The lowest BCUT2D eigenvalue weighted by molar-refractivity contribution is -0.163. The molecule has 0 aliphatic rings. The van der Waals surface area contributed by atoms with Gasteiger partial charge in [-0.2, -0.15) is 0 Å². The number of hydrogen-bond donors (Lipinski definition) is 4. The van der Waals surface area contributed by atoms with E-state index >= 15 is 0 Å². The summed E-state index contributed by atoms with van der Waals surface area (Å²) in [7, 11) is 0. The monoisotopic (exact) mass is 269 g/mol. The van der Waals surface area contributed by atoms with Crippen LogP contribution in [0.1, 0.15) is 19.4 Å². The molecule has 19 heavy (non-hydrogen) atoms. The van der Waals surface area contributed by atoms with Crippen molar-refractivity contribution >= 4 is 11.9 Å². The lowest BCUT2D eigenvalue weighted by Gasteiger charge is -2.25. The molecule has 0 radical (unpaired) electrons. The van der Waals surface area contributed by atoms with Crippen LogP contribution in [0, 0.1) is 5.92 Å². The Morgan fingerprint density at radius 1 is 1.26 bits per heavy atom. The number of aliphatic carboxylic acids is 2. The number of benzene rings is 1. The second kappa shape index (κ2) is 7.50. The topological polar surface area (TPSA) is 121 Å².